The molecule has 3 aliphatic carbocycles. The van der Waals surface area contributed by atoms with Gasteiger partial charge in [0.2, 0.25) is 0 Å². The summed E-state index contributed by atoms with van der Waals surface area (Å²) in [7, 11) is 2.21. The highest BCUT2D eigenvalue weighted by molar-refractivity contribution is 5.22. The Morgan fingerprint density at radius 1 is 1.11 bits per heavy atom. The first-order chi connectivity index (χ1) is 8.85. The van der Waals surface area contributed by atoms with Gasteiger partial charge >= 0.3 is 0 Å². The third-order valence-corrected chi connectivity index (χ3v) is 8.40. The van der Waals surface area contributed by atoms with Crippen LogP contribution in [0.25, 0.3) is 0 Å². The van der Waals surface area contributed by atoms with Crippen molar-refractivity contribution in [1.29, 1.82) is 0 Å². The van der Waals surface area contributed by atoms with Gasteiger partial charge in [0.05, 0.1) is 0 Å². The lowest BCUT2D eigenvalue weighted by molar-refractivity contribution is -0.0510. The minimum Gasteiger partial charge on any atom is -0.313 e. The average molecular weight is 263 g/mol. The van der Waals surface area contributed by atoms with E-state index in [9.17, 15) is 0 Å². The van der Waals surface area contributed by atoms with E-state index in [1.807, 2.05) is 0 Å². The summed E-state index contributed by atoms with van der Waals surface area (Å²) in [5.41, 5.74) is 2.05. The molecule has 0 saturated heterocycles. The number of nitrogens with one attached hydrogen (secondary N) is 1. The van der Waals surface area contributed by atoms with Crippen LogP contribution in [0.15, 0.2) is 0 Å². The van der Waals surface area contributed by atoms with Crippen molar-refractivity contribution in [1.82, 2.24) is 5.32 Å². The van der Waals surface area contributed by atoms with Crippen LogP contribution >= 0.6 is 0 Å². The number of hydrogen-bond donors (Lipinski definition) is 1. The van der Waals surface area contributed by atoms with E-state index in [4.69, 9.17) is 0 Å². The fraction of sp³-hybridized carbons (Fsp3) is 1.00. The SMILES string of the molecule is CCC1(CC2(C)C3CCC(C)(C3)C2(C)NC)CCC1. The molecule has 0 radical (unpaired) electrons. The zero-order valence-electron chi connectivity index (χ0n) is 13.7. The maximum Gasteiger partial charge on any atom is 0.0260 e. The predicted molar refractivity (Wildman–Crippen MR) is 82.2 cm³/mol. The molecular formula is C18H33N. The molecule has 3 fully saturated rings. The molecule has 3 saturated carbocycles. The molecule has 1 heteroatoms. The fourth-order valence-electron chi connectivity index (χ4n) is 6.36. The maximum absolute atomic E-state index is 3.80. The van der Waals surface area contributed by atoms with E-state index >= 15 is 0 Å². The summed E-state index contributed by atoms with van der Waals surface area (Å²) < 4.78 is 0. The molecule has 1 nitrogen and oxygen atoms in total. The molecule has 0 aromatic heterocycles. The molecule has 0 amide bonds. The molecule has 0 aromatic rings. The normalized spacial score (nSPS) is 51.3. The Hall–Kier alpha value is -0.0400. The molecule has 4 unspecified atom stereocenters. The molecule has 3 rings (SSSR count). The third-order valence-electron chi connectivity index (χ3n) is 8.40. The van der Waals surface area contributed by atoms with E-state index in [2.05, 4.69) is 40.1 Å². The molecule has 3 aliphatic rings. The van der Waals surface area contributed by atoms with Crippen molar-refractivity contribution in [3.05, 3.63) is 0 Å². The summed E-state index contributed by atoms with van der Waals surface area (Å²) in [4.78, 5) is 0. The summed E-state index contributed by atoms with van der Waals surface area (Å²) in [6.07, 6.45) is 11.7. The molecule has 1 N–H and O–H groups in total. The van der Waals surface area contributed by atoms with Crippen LogP contribution in [-0.4, -0.2) is 12.6 Å². The minimum atomic E-state index is 0.334. The van der Waals surface area contributed by atoms with Crippen LogP contribution < -0.4 is 5.32 Å². The monoisotopic (exact) mass is 263 g/mol. The van der Waals surface area contributed by atoms with E-state index in [1.165, 1.54) is 51.4 Å². The van der Waals surface area contributed by atoms with Crippen LogP contribution in [0.4, 0.5) is 0 Å². The summed E-state index contributed by atoms with van der Waals surface area (Å²) in [5, 5.41) is 3.80. The highest BCUT2D eigenvalue weighted by atomic mass is 15.0. The lowest BCUT2D eigenvalue weighted by Crippen LogP contribution is -2.62. The van der Waals surface area contributed by atoms with E-state index in [0.29, 0.717) is 21.8 Å². The molecule has 0 heterocycles. The van der Waals surface area contributed by atoms with Gasteiger partial charge in [-0.15, -0.1) is 0 Å². The highest BCUT2D eigenvalue weighted by Gasteiger charge is 2.68. The van der Waals surface area contributed by atoms with Crippen LogP contribution in [-0.2, 0) is 0 Å². The average Bonchev–Trinajstić information content (AvgIpc) is 2.82. The Morgan fingerprint density at radius 2 is 1.79 bits per heavy atom. The second-order valence-corrected chi connectivity index (χ2v) is 8.68. The van der Waals surface area contributed by atoms with Gasteiger partial charge in [-0.1, -0.05) is 33.6 Å². The van der Waals surface area contributed by atoms with E-state index in [1.54, 1.807) is 0 Å². The van der Waals surface area contributed by atoms with Crippen molar-refractivity contribution in [3.63, 3.8) is 0 Å². The number of rotatable bonds is 4. The Balaban J connectivity index is 1.93. The molecule has 0 spiro atoms. The second-order valence-electron chi connectivity index (χ2n) is 8.68. The van der Waals surface area contributed by atoms with E-state index < -0.39 is 0 Å². The van der Waals surface area contributed by atoms with Gasteiger partial charge in [-0.2, -0.15) is 0 Å². The second kappa shape index (κ2) is 4.00. The molecule has 110 valence electrons. The lowest BCUT2D eigenvalue weighted by Gasteiger charge is -2.58. The summed E-state index contributed by atoms with van der Waals surface area (Å²) in [6, 6.07) is 0. The Labute approximate surface area is 119 Å². The zero-order valence-corrected chi connectivity index (χ0v) is 13.7. The van der Waals surface area contributed by atoms with Crippen molar-refractivity contribution < 1.29 is 0 Å². The van der Waals surface area contributed by atoms with Gasteiger partial charge < -0.3 is 5.32 Å². The van der Waals surface area contributed by atoms with Crippen LogP contribution in [0, 0.1) is 22.2 Å². The molecule has 19 heavy (non-hydrogen) atoms. The van der Waals surface area contributed by atoms with Crippen molar-refractivity contribution in [2.24, 2.45) is 22.2 Å². The Bertz CT molecular complexity index is 366. The molecule has 0 aromatic carbocycles. The fourth-order valence-corrected chi connectivity index (χ4v) is 6.36. The van der Waals surface area contributed by atoms with Crippen molar-refractivity contribution >= 4 is 0 Å². The zero-order chi connectivity index (χ0) is 13.9. The van der Waals surface area contributed by atoms with Gasteiger partial charge in [-0.25, -0.2) is 0 Å². The topological polar surface area (TPSA) is 12.0 Å². The van der Waals surface area contributed by atoms with Crippen molar-refractivity contribution in [3.8, 4) is 0 Å². The Morgan fingerprint density at radius 3 is 2.26 bits per heavy atom. The largest absolute Gasteiger partial charge is 0.313 e. The third kappa shape index (κ3) is 1.51. The number of hydrogen-bond acceptors (Lipinski definition) is 1. The molecular weight excluding hydrogens is 230 g/mol. The van der Waals surface area contributed by atoms with Gasteiger partial charge in [0.25, 0.3) is 0 Å². The standard InChI is InChI=1S/C18H33N/c1-6-18(9-7-10-18)13-16(3)14-8-11-15(2,12-14)17(16,4)19-5/h14,19H,6-13H2,1-5H3. The summed E-state index contributed by atoms with van der Waals surface area (Å²) >= 11 is 0. The lowest BCUT2D eigenvalue weighted by atomic mass is 9.50. The number of fused-ring (bicyclic) bond motifs is 2. The van der Waals surface area contributed by atoms with Gasteiger partial charge in [0.1, 0.15) is 0 Å². The smallest absolute Gasteiger partial charge is 0.0260 e. The van der Waals surface area contributed by atoms with Gasteiger partial charge in [0, 0.05) is 5.54 Å². The first kappa shape index (κ1) is 13.9. The molecule has 0 aliphatic heterocycles. The van der Waals surface area contributed by atoms with Crippen LogP contribution in [0.3, 0.4) is 0 Å². The van der Waals surface area contributed by atoms with Crippen LogP contribution in [0.5, 0.6) is 0 Å². The predicted octanol–water partition coefficient (Wildman–Crippen LogP) is 4.76. The minimum absolute atomic E-state index is 0.334. The quantitative estimate of drug-likeness (QED) is 0.771. The molecule has 2 bridgehead atoms. The maximum atomic E-state index is 3.80. The van der Waals surface area contributed by atoms with Crippen molar-refractivity contribution in [2.75, 3.05) is 7.05 Å². The van der Waals surface area contributed by atoms with E-state index in [0.717, 1.165) is 5.92 Å². The Kier molecular flexibility index (Phi) is 2.93. The van der Waals surface area contributed by atoms with Crippen molar-refractivity contribution in [2.45, 2.75) is 84.6 Å². The summed E-state index contributed by atoms with van der Waals surface area (Å²) in [6.45, 7) is 10.1. The highest BCUT2D eigenvalue weighted by Crippen LogP contribution is 2.71. The van der Waals surface area contributed by atoms with Crippen LogP contribution in [0.2, 0.25) is 0 Å². The first-order valence-corrected chi connectivity index (χ1v) is 8.54. The summed E-state index contributed by atoms with van der Waals surface area (Å²) in [5.74, 6) is 0.957. The molecule has 4 atom stereocenters. The van der Waals surface area contributed by atoms with Crippen LogP contribution in [0.1, 0.15) is 79.1 Å². The van der Waals surface area contributed by atoms with Gasteiger partial charge in [-0.3, -0.25) is 0 Å². The van der Waals surface area contributed by atoms with E-state index in [-0.39, 0.29) is 0 Å². The van der Waals surface area contributed by atoms with Gasteiger partial charge in [-0.05, 0) is 74.7 Å². The van der Waals surface area contributed by atoms with Gasteiger partial charge in [0.15, 0.2) is 0 Å². The first-order valence-electron chi connectivity index (χ1n) is 8.54.